The minimum absolute atomic E-state index is 0.161. The van der Waals surface area contributed by atoms with Gasteiger partial charge < -0.3 is 14.6 Å². The van der Waals surface area contributed by atoms with Gasteiger partial charge >= 0.3 is 0 Å². The van der Waals surface area contributed by atoms with E-state index in [1.54, 1.807) is 6.07 Å². The van der Waals surface area contributed by atoms with Gasteiger partial charge in [0.05, 0.1) is 39.6 Å². The normalized spacial score (nSPS) is 16.4. The monoisotopic (exact) mass is 431 g/mol. The van der Waals surface area contributed by atoms with Gasteiger partial charge in [-0.2, -0.15) is 0 Å². The third kappa shape index (κ3) is 4.04. The van der Waals surface area contributed by atoms with E-state index in [9.17, 15) is 9.32 Å². The molecule has 0 radical (unpaired) electrons. The van der Waals surface area contributed by atoms with Crippen LogP contribution in [-0.2, 0) is 17.4 Å². The molecule has 2 heterocycles. The van der Waals surface area contributed by atoms with E-state index in [4.69, 9.17) is 14.5 Å². The predicted octanol–water partition coefficient (Wildman–Crippen LogP) is 4.80. The van der Waals surface area contributed by atoms with Gasteiger partial charge in [0.25, 0.3) is 0 Å². The van der Waals surface area contributed by atoms with Gasteiger partial charge in [0.2, 0.25) is 0 Å². The highest BCUT2D eigenvalue weighted by molar-refractivity contribution is 7.85. The summed E-state index contributed by atoms with van der Waals surface area (Å²) >= 11 is 0. The van der Waals surface area contributed by atoms with E-state index >= 15 is 0 Å². The Morgan fingerprint density at radius 2 is 1.84 bits per heavy atom. The molecule has 0 fully saturated rings. The summed E-state index contributed by atoms with van der Waals surface area (Å²) in [4.78, 5) is 6.10. The first-order chi connectivity index (χ1) is 15.2. The molecular weight excluding hydrogens is 410 g/mol. The maximum absolute atomic E-state index is 13.3. The van der Waals surface area contributed by atoms with Crippen molar-refractivity contribution in [2.45, 2.75) is 28.9 Å². The summed E-state index contributed by atoms with van der Waals surface area (Å²) in [7, 11) is -1.38. The van der Waals surface area contributed by atoms with Crippen LogP contribution in [0.3, 0.4) is 0 Å². The smallest absolute Gasteiger partial charge is 0.131 e. The first kappa shape index (κ1) is 19.7. The van der Waals surface area contributed by atoms with Crippen LogP contribution in [0, 0.1) is 0 Å². The van der Waals surface area contributed by atoms with E-state index < -0.39 is 16.9 Å². The zero-order valence-electron chi connectivity index (χ0n) is 16.7. The second kappa shape index (κ2) is 8.49. The Morgan fingerprint density at radius 3 is 2.71 bits per heavy atom. The molecule has 0 aliphatic carbocycles. The molecule has 0 saturated carbocycles. The van der Waals surface area contributed by atoms with Gasteiger partial charge in [-0.1, -0.05) is 36.4 Å². The molecule has 0 bridgehead atoms. The minimum atomic E-state index is -1.38. The lowest BCUT2D eigenvalue weighted by Gasteiger charge is -2.22. The second-order valence-electron chi connectivity index (χ2n) is 7.35. The van der Waals surface area contributed by atoms with Gasteiger partial charge in [0, 0.05) is 22.3 Å². The quantitative estimate of drug-likeness (QED) is 0.492. The summed E-state index contributed by atoms with van der Waals surface area (Å²) in [5.74, 6) is 1.29. The van der Waals surface area contributed by atoms with Crippen molar-refractivity contribution in [3.8, 4) is 11.5 Å². The molecule has 1 aromatic heterocycles. The van der Waals surface area contributed by atoms with Gasteiger partial charge in [-0.05, 0) is 42.5 Å². The highest BCUT2D eigenvalue weighted by Crippen LogP contribution is 2.35. The lowest BCUT2D eigenvalue weighted by molar-refractivity contribution is 0.115. The van der Waals surface area contributed by atoms with Crippen LogP contribution in [0.25, 0.3) is 10.9 Å². The second-order valence-corrected chi connectivity index (χ2v) is 8.80. The summed E-state index contributed by atoms with van der Waals surface area (Å²) in [5.41, 5.74) is 2.17. The van der Waals surface area contributed by atoms with E-state index in [1.165, 1.54) is 0 Å². The maximum atomic E-state index is 13.3. The molecule has 2 atom stereocenters. The number of rotatable bonds is 5. The highest BCUT2D eigenvalue weighted by Gasteiger charge is 2.20. The van der Waals surface area contributed by atoms with Crippen LogP contribution in [0.5, 0.6) is 11.5 Å². The predicted molar refractivity (Wildman–Crippen MR) is 119 cm³/mol. The Kier molecular flexibility index (Phi) is 5.40. The zero-order valence-corrected chi connectivity index (χ0v) is 17.5. The lowest BCUT2D eigenvalue weighted by atomic mass is 10.0. The molecular formula is C25H21NO4S. The third-order valence-electron chi connectivity index (χ3n) is 5.28. The van der Waals surface area contributed by atoms with Crippen molar-refractivity contribution in [3.63, 3.8) is 0 Å². The van der Waals surface area contributed by atoms with Crippen LogP contribution in [0.1, 0.15) is 23.8 Å². The number of benzene rings is 3. The standard InChI is InChI=1S/C25H21NO4S/c27-23-12-13-29-24-11-10-18(15-20(23)24)30-16-22-25(31(28)19-7-2-1-3-8-19)14-17-6-4-5-9-21(17)26-22/h1-11,14-15,23,27H,12-13,16H2. The Bertz CT molecular complexity index is 1260. The van der Waals surface area contributed by atoms with E-state index in [0.29, 0.717) is 35.1 Å². The van der Waals surface area contributed by atoms with Gasteiger partial charge in [0.1, 0.15) is 18.1 Å². The molecule has 31 heavy (non-hydrogen) atoms. The number of aliphatic hydroxyl groups is 1. The molecule has 6 heteroatoms. The molecule has 1 aliphatic heterocycles. The van der Waals surface area contributed by atoms with Crippen LogP contribution in [0.2, 0.25) is 0 Å². The number of hydrogen-bond acceptors (Lipinski definition) is 5. The van der Waals surface area contributed by atoms with Crippen LogP contribution < -0.4 is 9.47 Å². The number of para-hydroxylation sites is 1. The SMILES string of the molecule is O=S(c1ccccc1)c1cc2ccccc2nc1COc1ccc2c(c1)C(O)CCO2. The summed E-state index contributed by atoms with van der Waals surface area (Å²) in [5, 5.41) is 11.2. The third-order valence-corrected chi connectivity index (χ3v) is 6.74. The minimum Gasteiger partial charge on any atom is -0.493 e. The lowest BCUT2D eigenvalue weighted by Crippen LogP contribution is -2.14. The van der Waals surface area contributed by atoms with E-state index in [-0.39, 0.29) is 6.61 Å². The highest BCUT2D eigenvalue weighted by atomic mass is 32.2. The summed E-state index contributed by atoms with van der Waals surface area (Å²) < 4.78 is 24.9. The van der Waals surface area contributed by atoms with Crippen molar-refractivity contribution in [1.29, 1.82) is 0 Å². The number of pyridine rings is 1. The summed E-state index contributed by atoms with van der Waals surface area (Å²) in [6.45, 7) is 0.665. The zero-order chi connectivity index (χ0) is 21.2. The Morgan fingerprint density at radius 1 is 1.03 bits per heavy atom. The van der Waals surface area contributed by atoms with Crippen LogP contribution in [-0.4, -0.2) is 20.9 Å². The topological polar surface area (TPSA) is 68.7 Å². The first-order valence-corrected chi connectivity index (χ1v) is 11.3. The molecule has 5 nitrogen and oxygen atoms in total. The molecule has 0 amide bonds. The fourth-order valence-corrected chi connectivity index (χ4v) is 4.88. The molecule has 4 aromatic rings. The van der Waals surface area contributed by atoms with Gasteiger partial charge in [-0.15, -0.1) is 0 Å². The average Bonchev–Trinajstić information content (AvgIpc) is 2.82. The van der Waals surface area contributed by atoms with Crippen LogP contribution in [0.4, 0.5) is 0 Å². The Labute approximate surface area is 182 Å². The number of ether oxygens (including phenoxy) is 2. The molecule has 156 valence electrons. The number of aliphatic hydroxyl groups excluding tert-OH is 1. The summed E-state index contributed by atoms with van der Waals surface area (Å²) in [6.07, 6.45) is -0.00432. The number of hydrogen-bond donors (Lipinski definition) is 1. The molecule has 1 aliphatic rings. The van der Waals surface area contributed by atoms with E-state index in [0.717, 1.165) is 21.4 Å². The molecule has 2 unspecified atom stereocenters. The molecule has 0 spiro atoms. The average molecular weight is 432 g/mol. The van der Waals surface area contributed by atoms with Crippen molar-refractivity contribution in [2.75, 3.05) is 6.61 Å². The fourth-order valence-electron chi connectivity index (χ4n) is 3.67. The molecule has 3 aromatic carbocycles. The molecule has 0 saturated heterocycles. The Hall–Kier alpha value is -3.22. The van der Waals surface area contributed by atoms with Gasteiger partial charge in [-0.3, -0.25) is 0 Å². The van der Waals surface area contributed by atoms with Crippen molar-refractivity contribution in [2.24, 2.45) is 0 Å². The molecule has 1 N–H and O–H groups in total. The van der Waals surface area contributed by atoms with Crippen LogP contribution in [0.15, 0.2) is 88.7 Å². The fraction of sp³-hybridized carbons (Fsp3) is 0.160. The van der Waals surface area contributed by atoms with Crippen molar-refractivity contribution in [1.82, 2.24) is 4.98 Å². The van der Waals surface area contributed by atoms with E-state index in [1.807, 2.05) is 72.8 Å². The van der Waals surface area contributed by atoms with Crippen molar-refractivity contribution >= 4 is 21.7 Å². The molecule has 5 rings (SSSR count). The first-order valence-electron chi connectivity index (χ1n) is 10.1. The number of nitrogens with zero attached hydrogens (tertiary/aromatic N) is 1. The van der Waals surface area contributed by atoms with E-state index in [2.05, 4.69) is 0 Å². The van der Waals surface area contributed by atoms with Gasteiger partial charge in [0.15, 0.2) is 0 Å². The van der Waals surface area contributed by atoms with Crippen molar-refractivity contribution in [3.05, 3.63) is 90.1 Å². The van der Waals surface area contributed by atoms with Crippen LogP contribution >= 0.6 is 0 Å². The Balaban J connectivity index is 1.49. The maximum Gasteiger partial charge on any atom is 0.131 e. The largest absolute Gasteiger partial charge is 0.493 e. The van der Waals surface area contributed by atoms with Gasteiger partial charge in [-0.25, -0.2) is 9.19 Å². The number of fused-ring (bicyclic) bond motifs is 2. The number of aromatic nitrogens is 1. The van der Waals surface area contributed by atoms with Crippen molar-refractivity contribution < 1.29 is 18.8 Å². The summed E-state index contributed by atoms with van der Waals surface area (Å²) in [6, 6.07) is 24.5.